The highest BCUT2D eigenvalue weighted by molar-refractivity contribution is 7.99. The fraction of sp³-hybridized carbons (Fsp3) is 0.174. The fourth-order valence-electron chi connectivity index (χ4n) is 3.00. The molecule has 8 heteroatoms. The van der Waals surface area contributed by atoms with Crippen molar-refractivity contribution in [2.75, 3.05) is 12.3 Å². The molecular formula is C23H22FN5OS. The second-order valence-electron chi connectivity index (χ2n) is 6.72. The van der Waals surface area contributed by atoms with Crippen LogP contribution in [0.1, 0.15) is 11.1 Å². The Morgan fingerprint density at radius 1 is 0.903 bits per heavy atom. The third-order valence-corrected chi connectivity index (χ3v) is 5.50. The van der Waals surface area contributed by atoms with Crippen molar-refractivity contribution in [2.24, 2.45) is 0 Å². The summed E-state index contributed by atoms with van der Waals surface area (Å²) in [5.41, 5.74) is 2.50. The fourth-order valence-corrected chi connectivity index (χ4v) is 3.79. The molecular weight excluding hydrogens is 413 g/mol. The maximum Gasteiger partial charge on any atom is 0.214 e. The summed E-state index contributed by atoms with van der Waals surface area (Å²) in [7, 11) is 0. The van der Waals surface area contributed by atoms with E-state index in [2.05, 4.69) is 20.8 Å². The molecule has 6 nitrogen and oxygen atoms in total. The van der Waals surface area contributed by atoms with Crippen molar-refractivity contribution in [3.8, 4) is 11.4 Å². The summed E-state index contributed by atoms with van der Waals surface area (Å²) in [6.07, 6.45) is 0. The second-order valence-corrected chi connectivity index (χ2v) is 7.78. The van der Waals surface area contributed by atoms with Crippen LogP contribution in [-0.2, 0) is 13.2 Å². The first-order valence-corrected chi connectivity index (χ1v) is 10.9. The van der Waals surface area contributed by atoms with E-state index in [0.717, 1.165) is 34.5 Å². The quantitative estimate of drug-likeness (QED) is 0.297. The smallest absolute Gasteiger partial charge is 0.214 e. The van der Waals surface area contributed by atoms with Crippen LogP contribution in [0.25, 0.3) is 5.69 Å². The molecule has 0 amide bonds. The SMILES string of the molecule is Fc1ccccc1COc1ccccc1CNCCSc1nnnn1-c1ccccc1. The number of benzene rings is 3. The monoisotopic (exact) mass is 435 g/mol. The first-order chi connectivity index (χ1) is 15.3. The lowest BCUT2D eigenvalue weighted by molar-refractivity contribution is 0.296. The zero-order valence-electron chi connectivity index (χ0n) is 16.8. The van der Waals surface area contributed by atoms with Crippen molar-refractivity contribution in [1.82, 2.24) is 25.5 Å². The predicted molar refractivity (Wildman–Crippen MR) is 119 cm³/mol. The van der Waals surface area contributed by atoms with Gasteiger partial charge in [0, 0.05) is 30.0 Å². The van der Waals surface area contributed by atoms with Gasteiger partial charge < -0.3 is 10.1 Å². The van der Waals surface area contributed by atoms with E-state index >= 15 is 0 Å². The van der Waals surface area contributed by atoms with Crippen molar-refractivity contribution >= 4 is 11.8 Å². The van der Waals surface area contributed by atoms with Gasteiger partial charge in [-0.2, -0.15) is 4.68 Å². The van der Waals surface area contributed by atoms with Crippen LogP contribution in [0, 0.1) is 5.82 Å². The minimum absolute atomic E-state index is 0.196. The molecule has 0 atom stereocenters. The number of hydrogen-bond donors (Lipinski definition) is 1. The molecule has 0 aliphatic rings. The van der Waals surface area contributed by atoms with Crippen LogP contribution in [-0.4, -0.2) is 32.5 Å². The summed E-state index contributed by atoms with van der Waals surface area (Å²) in [4.78, 5) is 0. The third-order valence-electron chi connectivity index (χ3n) is 4.58. The molecule has 0 saturated carbocycles. The van der Waals surface area contributed by atoms with E-state index in [1.807, 2.05) is 54.6 Å². The molecule has 1 aromatic heterocycles. The number of halogens is 1. The molecule has 158 valence electrons. The minimum Gasteiger partial charge on any atom is -0.488 e. The minimum atomic E-state index is -0.257. The normalized spacial score (nSPS) is 10.9. The number of ether oxygens (including phenoxy) is 1. The Balaban J connectivity index is 1.26. The van der Waals surface area contributed by atoms with Gasteiger partial charge in [0.15, 0.2) is 0 Å². The molecule has 4 aromatic rings. The highest BCUT2D eigenvalue weighted by Gasteiger charge is 2.09. The van der Waals surface area contributed by atoms with Gasteiger partial charge >= 0.3 is 0 Å². The van der Waals surface area contributed by atoms with Gasteiger partial charge in [0.2, 0.25) is 5.16 Å². The highest BCUT2D eigenvalue weighted by atomic mass is 32.2. The van der Waals surface area contributed by atoms with Crippen LogP contribution in [0.15, 0.2) is 84.0 Å². The summed E-state index contributed by atoms with van der Waals surface area (Å²) >= 11 is 1.59. The lowest BCUT2D eigenvalue weighted by atomic mass is 10.2. The zero-order chi connectivity index (χ0) is 21.3. The molecule has 0 fully saturated rings. The van der Waals surface area contributed by atoms with Crippen molar-refractivity contribution < 1.29 is 9.13 Å². The van der Waals surface area contributed by atoms with Crippen molar-refractivity contribution in [3.63, 3.8) is 0 Å². The maximum atomic E-state index is 13.8. The molecule has 1 heterocycles. The summed E-state index contributed by atoms with van der Waals surface area (Å²) in [6, 6.07) is 24.3. The zero-order valence-corrected chi connectivity index (χ0v) is 17.6. The van der Waals surface area contributed by atoms with Gasteiger partial charge in [-0.1, -0.05) is 66.4 Å². The lowest BCUT2D eigenvalue weighted by Gasteiger charge is -2.12. The Kier molecular flexibility index (Phi) is 7.25. The molecule has 0 aliphatic heterocycles. The summed E-state index contributed by atoms with van der Waals surface area (Å²) < 4.78 is 21.4. The Morgan fingerprint density at radius 2 is 1.65 bits per heavy atom. The molecule has 31 heavy (non-hydrogen) atoms. The summed E-state index contributed by atoms with van der Waals surface area (Å²) in [6.45, 7) is 1.62. The molecule has 0 radical (unpaired) electrons. The lowest BCUT2D eigenvalue weighted by Crippen LogP contribution is -2.17. The topological polar surface area (TPSA) is 64.9 Å². The van der Waals surface area contributed by atoms with Crippen molar-refractivity contribution in [2.45, 2.75) is 18.3 Å². The van der Waals surface area contributed by atoms with Gasteiger partial charge in [-0.3, -0.25) is 0 Å². The van der Waals surface area contributed by atoms with Gasteiger partial charge in [-0.25, -0.2) is 4.39 Å². The van der Waals surface area contributed by atoms with Gasteiger partial charge in [-0.15, -0.1) is 5.10 Å². The van der Waals surface area contributed by atoms with Crippen LogP contribution in [0.3, 0.4) is 0 Å². The highest BCUT2D eigenvalue weighted by Crippen LogP contribution is 2.21. The van der Waals surface area contributed by atoms with Crippen molar-refractivity contribution in [1.29, 1.82) is 0 Å². The number of rotatable bonds is 10. The number of thioether (sulfide) groups is 1. The van der Waals surface area contributed by atoms with Gasteiger partial charge in [0.1, 0.15) is 18.2 Å². The average molecular weight is 436 g/mol. The second kappa shape index (κ2) is 10.7. The summed E-state index contributed by atoms with van der Waals surface area (Å²) in [5.74, 6) is 1.30. The molecule has 0 aliphatic carbocycles. The van der Waals surface area contributed by atoms with Crippen LogP contribution in [0.2, 0.25) is 0 Å². The molecule has 4 rings (SSSR count). The summed E-state index contributed by atoms with van der Waals surface area (Å²) in [5, 5.41) is 16.1. The van der Waals surface area contributed by atoms with E-state index < -0.39 is 0 Å². The maximum absolute atomic E-state index is 13.8. The number of nitrogens with zero attached hydrogens (tertiary/aromatic N) is 4. The molecule has 0 saturated heterocycles. The van der Waals surface area contributed by atoms with Crippen LogP contribution < -0.4 is 10.1 Å². The van der Waals surface area contributed by atoms with Gasteiger partial charge in [-0.05, 0) is 34.7 Å². The van der Waals surface area contributed by atoms with Crippen LogP contribution >= 0.6 is 11.8 Å². The number of para-hydroxylation sites is 2. The Labute approximate surface area is 184 Å². The van der Waals surface area contributed by atoms with E-state index in [0.29, 0.717) is 12.1 Å². The Morgan fingerprint density at radius 3 is 2.48 bits per heavy atom. The van der Waals surface area contributed by atoms with E-state index in [9.17, 15) is 4.39 Å². The Hall–Kier alpha value is -3.23. The van der Waals surface area contributed by atoms with E-state index in [1.165, 1.54) is 6.07 Å². The Bertz CT molecular complexity index is 1110. The van der Waals surface area contributed by atoms with E-state index in [1.54, 1.807) is 34.6 Å². The molecule has 0 bridgehead atoms. The largest absolute Gasteiger partial charge is 0.488 e. The molecule has 1 N–H and O–H groups in total. The molecule has 3 aromatic carbocycles. The molecule has 0 spiro atoms. The number of nitrogens with one attached hydrogen (secondary N) is 1. The molecule has 0 unspecified atom stereocenters. The predicted octanol–water partition coefficient (Wildman–Crippen LogP) is 4.26. The van der Waals surface area contributed by atoms with Crippen molar-refractivity contribution in [3.05, 3.63) is 95.8 Å². The van der Waals surface area contributed by atoms with Crippen LogP contribution in [0.4, 0.5) is 4.39 Å². The first-order valence-electron chi connectivity index (χ1n) is 9.92. The van der Waals surface area contributed by atoms with E-state index in [4.69, 9.17) is 4.74 Å². The number of hydrogen-bond acceptors (Lipinski definition) is 6. The first kappa shape index (κ1) is 21.0. The van der Waals surface area contributed by atoms with E-state index in [-0.39, 0.29) is 12.4 Å². The van der Waals surface area contributed by atoms with Gasteiger partial charge in [0.05, 0.1) is 5.69 Å². The third kappa shape index (κ3) is 5.68. The number of tetrazole rings is 1. The standard InChI is InChI=1S/C23H22FN5OS/c24-21-12-6-4-9-19(21)17-30-22-13-7-5-8-18(22)16-25-14-15-31-23-26-27-28-29(23)20-10-2-1-3-11-20/h1-13,25H,14-17H2. The van der Waals surface area contributed by atoms with Crippen LogP contribution in [0.5, 0.6) is 5.75 Å². The van der Waals surface area contributed by atoms with Gasteiger partial charge in [0.25, 0.3) is 0 Å². The number of aromatic nitrogens is 4. The average Bonchev–Trinajstić information content (AvgIpc) is 3.28.